The van der Waals surface area contributed by atoms with E-state index >= 15 is 0 Å². The maximum Gasteiger partial charge on any atom is 0.134 e. The van der Waals surface area contributed by atoms with Gasteiger partial charge in [0.25, 0.3) is 0 Å². The summed E-state index contributed by atoms with van der Waals surface area (Å²) < 4.78 is 0. The third kappa shape index (κ3) is 3.15. The Morgan fingerprint density at radius 3 is 2.68 bits per heavy atom. The van der Waals surface area contributed by atoms with Gasteiger partial charge < -0.3 is 15.3 Å². The number of aromatic nitrogens is 2. The second-order valence-corrected chi connectivity index (χ2v) is 5.66. The van der Waals surface area contributed by atoms with E-state index in [9.17, 15) is 5.11 Å². The predicted molar refractivity (Wildman–Crippen MR) is 75.3 cm³/mol. The molecule has 0 amide bonds. The van der Waals surface area contributed by atoms with Crippen molar-refractivity contribution in [2.24, 2.45) is 5.92 Å². The van der Waals surface area contributed by atoms with Crippen molar-refractivity contribution in [2.45, 2.75) is 38.2 Å². The van der Waals surface area contributed by atoms with Gasteiger partial charge in [-0.05, 0) is 31.6 Å². The van der Waals surface area contributed by atoms with Crippen molar-refractivity contribution < 1.29 is 5.11 Å². The Labute approximate surface area is 114 Å². The van der Waals surface area contributed by atoms with Gasteiger partial charge in [-0.3, -0.25) is 0 Å². The minimum absolute atomic E-state index is 0.144. The number of nitrogens with one attached hydrogen (secondary N) is 1. The van der Waals surface area contributed by atoms with E-state index in [1.54, 1.807) is 6.33 Å². The highest BCUT2D eigenvalue weighted by molar-refractivity contribution is 5.48. The van der Waals surface area contributed by atoms with Crippen LogP contribution in [0.5, 0.6) is 0 Å². The van der Waals surface area contributed by atoms with Gasteiger partial charge in [-0.25, -0.2) is 9.97 Å². The lowest BCUT2D eigenvalue weighted by molar-refractivity contribution is 0.145. The van der Waals surface area contributed by atoms with E-state index in [2.05, 4.69) is 20.2 Å². The van der Waals surface area contributed by atoms with E-state index in [1.165, 1.54) is 19.3 Å². The first kappa shape index (κ1) is 12.7. The Kier molecular flexibility index (Phi) is 3.82. The lowest BCUT2D eigenvalue weighted by Crippen LogP contribution is -2.36. The fourth-order valence-corrected chi connectivity index (χ4v) is 2.66. The summed E-state index contributed by atoms with van der Waals surface area (Å²) in [5, 5.41) is 12.9. The van der Waals surface area contributed by atoms with Crippen molar-refractivity contribution in [3.05, 3.63) is 12.4 Å². The zero-order valence-electron chi connectivity index (χ0n) is 11.3. The topological polar surface area (TPSA) is 61.3 Å². The van der Waals surface area contributed by atoms with Crippen LogP contribution in [0.15, 0.2) is 12.4 Å². The summed E-state index contributed by atoms with van der Waals surface area (Å²) in [5.41, 5.74) is 0. The number of nitrogens with zero attached hydrogens (tertiary/aromatic N) is 3. The number of aliphatic hydroxyl groups excluding tert-OH is 1. The summed E-state index contributed by atoms with van der Waals surface area (Å²) in [6.07, 6.45) is 7.20. The van der Waals surface area contributed by atoms with Gasteiger partial charge in [0.15, 0.2) is 0 Å². The first-order valence-corrected chi connectivity index (χ1v) is 7.30. The molecule has 104 valence electrons. The van der Waals surface area contributed by atoms with Gasteiger partial charge in [0.2, 0.25) is 0 Å². The number of aliphatic hydroxyl groups is 1. The molecule has 0 aromatic carbocycles. The molecule has 1 saturated heterocycles. The molecule has 0 unspecified atom stereocenters. The average Bonchev–Trinajstić information content (AvgIpc) is 2.38. The molecule has 0 bridgehead atoms. The van der Waals surface area contributed by atoms with Gasteiger partial charge in [0.1, 0.15) is 18.0 Å². The summed E-state index contributed by atoms with van der Waals surface area (Å²) in [5.74, 6) is 2.71. The fourth-order valence-electron chi connectivity index (χ4n) is 2.66. The molecule has 3 rings (SSSR count). The number of hydrogen-bond acceptors (Lipinski definition) is 5. The highest BCUT2D eigenvalue weighted by Crippen LogP contribution is 2.26. The number of piperidine rings is 1. The Balaban J connectivity index is 1.58. The predicted octanol–water partition coefficient (Wildman–Crippen LogP) is 1.65. The first-order valence-electron chi connectivity index (χ1n) is 7.30. The van der Waals surface area contributed by atoms with E-state index in [-0.39, 0.29) is 6.10 Å². The van der Waals surface area contributed by atoms with E-state index < -0.39 is 0 Å². The largest absolute Gasteiger partial charge is 0.393 e. The molecule has 1 aliphatic carbocycles. The van der Waals surface area contributed by atoms with Crippen LogP contribution < -0.4 is 10.2 Å². The molecule has 2 fully saturated rings. The zero-order chi connectivity index (χ0) is 13.1. The lowest BCUT2D eigenvalue weighted by Gasteiger charge is -2.30. The molecule has 0 spiro atoms. The van der Waals surface area contributed by atoms with Crippen LogP contribution in [0.1, 0.15) is 32.1 Å². The van der Waals surface area contributed by atoms with Gasteiger partial charge in [-0.15, -0.1) is 0 Å². The second-order valence-electron chi connectivity index (χ2n) is 5.66. The number of hydrogen-bond donors (Lipinski definition) is 2. The number of rotatable bonds is 4. The van der Waals surface area contributed by atoms with Crippen LogP contribution in [-0.4, -0.2) is 40.8 Å². The minimum Gasteiger partial charge on any atom is -0.393 e. The van der Waals surface area contributed by atoms with Crippen LogP contribution in [0, 0.1) is 5.92 Å². The van der Waals surface area contributed by atoms with Gasteiger partial charge in [0, 0.05) is 25.7 Å². The van der Waals surface area contributed by atoms with Gasteiger partial charge in [-0.1, -0.05) is 6.42 Å². The summed E-state index contributed by atoms with van der Waals surface area (Å²) in [4.78, 5) is 10.8. The Morgan fingerprint density at radius 2 is 2.00 bits per heavy atom. The van der Waals surface area contributed by atoms with Gasteiger partial charge in [-0.2, -0.15) is 0 Å². The van der Waals surface area contributed by atoms with Crippen LogP contribution in [-0.2, 0) is 0 Å². The molecule has 0 atom stereocenters. The molecule has 1 saturated carbocycles. The summed E-state index contributed by atoms with van der Waals surface area (Å²) in [6.45, 7) is 2.77. The summed E-state index contributed by atoms with van der Waals surface area (Å²) in [7, 11) is 0. The SMILES string of the molecule is OC1CCN(c2cc(NCC3CCC3)ncn2)CC1. The zero-order valence-corrected chi connectivity index (χ0v) is 11.3. The standard InChI is InChI=1S/C14H22N4O/c19-12-4-6-18(7-5-12)14-8-13(16-10-17-14)15-9-11-2-1-3-11/h8,10-12,19H,1-7,9H2,(H,15,16,17). The first-order chi connectivity index (χ1) is 9.31. The van der Waals surface area contributed by atoms with Crippen LogP contribution in [0.3, 0.4) is 0 Å². The van der Waals surface area contributed by atoms with E-state index in [0.717, 1.165) is 50.0 Å². The molecule has 19 heavy (non-hydrogen) atoms. The van der Waals surface area contributed by atoms with Crippen molar-refractivity contribution in [2.75, 3.05) is 29.9 Å². The molecule has 2 heterocycles. The third-order valence-electron chi connectivity index (χ3n) is 4.24. The second kappa shape index (κ2) is 5.74. The maximum absolute atomic E-state index is 9.54. The smallest absolute Gasteiger partial charge is 0.134 e. The molecule has 0 radical (unpaired) electrons. The molecule has 2 aliphatic rings. The van der Waals surface area contributed by atoms with Gasteiger partial charge in [0.05, 0.1) is 6.10 Å². The van der Waals surface area contributed by atoms with Crippen LogP contribution >= 0.6 is 0 Å². The highest BCUT2D eigenvalue weighted by atomic mass is 16.3. The highest BCUT2D eigenvalue weighted by Gasteiger charge is 2.19. The van der Waals surface area contributed by atoms with Crippen LogP contribution in [0.2, 0.25) is 0 Å². The van der Waals surface area contributed by atoms with Crippen LogP contribution in [0.25, 0.3) is 0 Å². The molecule has 1 aromatic heterocycles. The number of anilines is 2. The van der Waals surface area contributed by atoms with Crippen molar-refractivity contribution in [3.63, 3.8) is 0 Å². The van der Waals surface area contributed by atoms with E-state index in [1.807, 2.05) is 6.07 Å². The van der Waals surface area contributed by atoms with Gasteiger partial charge >= 0.3 is 0 Å². The molecular formula is C14H22N4O. The Morgan fingerprint density at radius 1 is 1.21 bits per heavy atom. The summed E-state index contributed by atoms with van der Waals surface area (Å²) in [6, 6.07) is 2.02. The van der Waals surface area contributed by atoms with E-state index in [4.69, 9.17) is 0 Å². The fraction of sp³-hybridized carbons (Fsp3) is 0.714. The molecule has 2 N–H and O–H groups in total. The Hall–Kier alpha value is -1.36. The molecule has 5 heteroatoms. The van der Waals surface area contributed by atoms with Crippen molar-refractivity contribution in [1.82, 2.24) is 9.97 Å². The van der Waals surface area contributed by atoms with Crippen molar-refractivity contribution in [1.29, 1.82) is 0 Å². The minimum atomic E-state index is -0.144. The molecule has 5 nitrogen and oxygen atoms in total. The average molecular weight is 262 g/mol. The lowest BCUT2D eigenvalue weighted by atomic mass is 9.85. The molecule has 1 aliphatic heterocycles. The monoisotopic (exact) mass is 262 g/mol. The molecule has 1 aromatic rings. The quantitative estimate of drug-likeness (QED) is 0.864. The van der Waals surface area contributed by atoms with E-state index in [0.29, 0.717) is 0 Å². The maximum atomic E-state index is 9.54. The molecular weight excluding hydrogens is 240 g/mol. The van der Waals surface area contributed by atoms with Crippen molar-refractivity contribution in [3.8, 4) is 0 Å². The Bertz CT molecular complexity index is 414. The summed E-state index contributed by atoms with van der Waals surface area (Å²) >= 11 is 0. The third-order valence-corrected chi connectivity index (χ3v) is 4.24. The van der Waals surface area contributed by atoms with Crippen LogP contribution in [0.4, 0.5) is 11.6 Å². The van der Waals surface area contributed by atoms with Crippen molar-refractivity contribution >= 4 is 11.6 Å². The normalized spacial score (nSPS) is 21.2.